The molecule has 2 atom stereocenters. The first-order chi connectivity index (χ1) is 12.6. The molecule has 27 heavy (non-hydrogen) atoms. The molecule has 4 rings (SSSR count). The molecule has 1 aromatic heterocycles. The molecular formula is C18H28ClN5O3. The molecule has 0 unspecified atom stereocenters. The minimum absolute atomic E-state index is 0. The van der Waals surface area contributed by atoms with Crippen molar-refractivity contribution in [1.82, 2.24) is 25.3 Å². The first-order valence-corrected chi connectivity index (χ1v) is 9.76. The molecule has 0 radical (unpaired) electrons. The first kappa shape index (κ1) is 20.1. The fourth-order valence-electron chi connectivity index (χ4n) is 4.03. The number of carbonyl (C=O) groups excluding carboxylic acids is 2. The van der Waals surface area contributed by atoms with E-state index in [0.717, 1.165) is 25.7 Å². The molecule has 3 fully saturated rings. The van der Waals surface area contributed by atoms with Gasteiger partial charge in [0.15, 0.2) is 5.82 Å². The third-order valence-electron chi connectivity index (χ3n) is 5.88. The highest BCUT2D eigenvalue weighted by Crippen LogP contribution is 2.35. The largest absolute Gasteiger partial charge is 0.339 e. The number of carbonyl (C=O) groups is 2. The Morgan fingerprint density at radius 2 is 2.07 bits per heavy atom. The second kappa shape index (κ2) is 8.56. The van der Waals surface area contributed by atoms with Crippen LogP contribution in [0.15, 0.2) is 4.52 Å². The number of fused-ring (bicyclic) bond motifs is 2. The van der Waals surface area contributed by atoms with Gasteiger partial charge in [-0.1, -0.05) is 11.6 Å². The summed E-state index contributed by atoms with van der Waals surface area (Å²) in [6, 6.07) is 0.593. The van der Waals surface area contributed by atoms with Crippen LogP contribution in [0.5, 0.6) is 0 Å². The highest BCUT2D eigenvalue weighted by atomic mass is 35.5. The van der Waals surface area contributed by atoms with Gasteiger partial charge in [-0.05, 0) is 32.6 Å². The summed E-state index contributed by atoms with van der Waals surface area (Å²) in [7, 11) is 0. The number of aromatic nitrogens is 2. The van der Waals surface area contributed by atoms with Gasteiger partial charge in [-0.25, -0.2) is 0 Å². The normalized spacial score (nSPS) is 24.9. The Morgan fingerprint density at radius 1 is 1.30 bits per heavy atom. The molecular weight excluding hydrogens is 370 g/mol. The second-order valence-corrected chi connectivity index (χ2v) is 7.70. The summed E-state index contributed by atoms with van der Waals surface area (Å²) in [5.41, 5.74) is 0. The van der Waals surface area contributed by atoms with Crippen LogP contribution in [-0.4, -0.2) is 63.5 Å². The average molecular weight is 398 g/mol. The Morgan fingerprint density at radius 3 is 2.78 bits per heavy atom. The van der Waals surface area contributed by atoms with Crippen molar-refractivity contribution in [3.63, 3.8) is 0 Å². The lowest BCUT2D eigenvalue weighted by Gasteiger charge is -2.27. The Kier molecular flexibility index (Phi) is 6.37. The number of halogens is 1. The van der Waals surface area contributed by atoms with E-state index < -0.39 is 0 Å². The number of hydrogen-bond acceptors (Lipinski definition) is 6. The van der Waals surface area contributed by atoms with Gasteiger partial charge in [0.2, 0.25) is 17.7 Å². The topological polar surface area (TPSA) is 91.6 Å². The van der Waals surface area contributed by atoms with Gasteiger partial charge in [-0.15, -0.1) is 12.4 Å². The molecule has 1 saturated carbocycles. The van der Waals surface area contributed by atoms with Crippen LogP contribution in [0.3, 0.4) is 0 Å². The van der Waals surface area contributed by atoms with Crippen molar-refractivity contribution in [3.8, 4) is 0 Å². The van der Waals surface area contributed by atoms with Crippen LogP contribution in [0, 0.1) is 0 Å². The third-order valence-corrected chi connectivity index (χ3v) is 5.88. The zero-order chi connectivity index (χ0) is 18.1. The average Bonchev–Trinajstić information content (AvgIpc) is 3.16. The molecule has 1 N–H and O–H groups in total. The van der Waals surface area contributed by atoms with E-state index in [2.05, 4.69) is 15.5 Å². The van der Waals surface area contributed by atoms with Crippen molar-refractivity contribution >= 4 is 24.2 Å². The molecule has 2 saturated heterocycles. The monoisotopic (exact) mass is 397 g/mol. The standard InChI is InChI=1S/C18H27N5O3.ClH/c1-2-22(10-15-20-18(26-21-15)12-4-3-5-12)17(25)11-23-9-14-7-6-13(19-14)8-16(23)24;/h12-14,19H,2-11H2,1H3;1H/t13-,14+;/m1./s1. The Balaban J connectivity index is 0.00000210. The van der Waals surface area contributed by atoms with Gasteiger partial charge >= 0.3 is 0 Å². The minimum Gasteiger partial charge on any atom is -0.339 e. The Hall–Kier alpha value is -1.67. The molecule has 3 heterocycles. The molecule has 8 nitrogen and oxygen atoms in total. The summed E-state index contributed by atoms with van der Waals surface area (Å²) in [5.74, 6) is 1.64. The quantitative estimate of drug-likeness (QED) is 0.781. The van der Waals surface area contributed by atoms with E-state index in [1.165, 1.54) is 6.42 Å². The van der Waals surface area contributed by atoms with Crippen LogP contribution in [0.2, 0.25) is 0 Å². The Labute approximate surface area is 165 Å². The van der Waals surface area contributed by atoms with Gasteiger partial charge in [-0.2, -0.15) is 4.98 Å². The molecule has 2 amide bonds. The molecule has 2 bridgehead atoms. The van der Waals surface area contributed by atoms with Gasteiger partial charge in [0.1, 0.15) is 0 Å². The lowest BCUT2D eigenvalue weighted by Crippen LogP contribution is -2.45. The summed E-state index contributed by atoms with van der Waals surface area (Å²) >= 11 is 0. The van der Waals surface area contributed by atoms with Gasteiger partial charge in [0, 0.05) is 37.5 Å². The fraction of sp³-hybridized carbons (Fsp3) is 0.778. The number of nitrogens with one attached hydrogen (secondary N) is 1. The van der Waals surface area contributed by atoms with E-state index >= 15 is 0 Å². The number of rotatable bonds is 6. The number of likely N-dealkylation sites (tertiary alicyclic amines) is 1. The van der Waals surface area contributed by atoms with Crippen LogP contribution in [0.1, 0.15) is 63.1 Å². The highest BCUT2D eigenvalue weighted by molar-refractivity contribution is 5.85. The van der Waals surface area contributed by atoms with Crippen LogP contribution in [0.4, 0.5) is 0 Å². The van der Waals surface area contributed by atoms with Gasteiger partial charge in [-0.3, -0.25) is 9.59 Å². The second-order valence-electron chi connectivity index (χ2n) is 7.70. The van der Waals surface area contributed by atoms with E-state index in [1.807, 2.05) is 6.92 Å². The maximum absolute atomic E-state index is 12.7. The van der Waals surface area contributed by atoms with Crippen LogP contribution >= 0.6 is 12.4 Å². The fourth-order valence-corrected chi connectivity index (χ4v) is 4.03. The van der Waals surface area contributed by atoms with Crippen molar-refractivity contribution in [3.05, 3.63) is 11.7 Å². The van der Waals surface area contributed by atoms with Crippen molar-refractivity contribution in [2.24, 2.45) is 0 Å². The molecule has 1 aliphatic carbocycles. The van der Waals surface area contributed by atoms with E-state index in [4.69, 9.17) is 4.52 Å². The summed E-state index contributed by atoms with van der Waals surface area (Å²) < 4.78 is 5.34. The smallest absolute Gasteiger partial charge is 0.242 e. The van der Waals surface area contributed by atoms with Crippen molar-refractivity contribution < 1.29 is 14.1 Å². The van der Waals surface area contributed by atoms with Crippen molar-refractivity contribution in [2.45, 2.75) is 70.0 Å². The predicted octanol–water partition coefficient (Wildman–Crippen LogP) is 1.46. The zero-order valence-electron chi connectivity index (χ0n) is 15.7. The zero-order valence-corrected chi connectivity index (χ0v) is 16.5. The van der Waals surface area contributed by atoms with Crippen molar-refractivity contribution in [2.75, 3.05) is 19.6 Å². The van der Waals surface area contributed by atoms with Crippen LogP contribution in [-0.2, 0) is 16.1 Å². The maximum atomic E-state index is 12.7. The van der Waals surface area contributed by atoms with Gasteiger partial charge in [0.25, 0.3) is 0 Å². The summed E-state index contributed by atoms with van der Waals surface area (Å²) in [6.45, 7) is 3.56. The number of amides is 2. The lowest BCUT2D eigenvalue weighted by molar-refractivity contribution is -0.140. The molecule has 2 aliphatic heterocycles. The number of hydrogen-bond donors (Lipinski definition) is 1. The van der Waals surface area contributed by atoms with Gasteiger partial charge < -0.3 is 19.6 Å². The molecule has 0 spiro atoms. The number of nitrogens with zero attached hydrogens (tertiary/aromatic N) is 4. The Bertz CT molecular complexity index is 678. The molecule has 0 aromatic carbocycles. The van der Waals surface area contributed by atoms with Crippen molar-refractivity contribution in [1.29, 1.82) is 0 Å². The SMILES string of the molecule is CCN(Cc1noc(C2CCC2)n1)C(=O)CN1C[C@@H]2CC[C@H](CC1=O)N2.Cl. The summed E-state index contributed by atoms with van der Waals surface area (Å²) in [4.78, 5) is 33.0. The van der Waals surface area contributed by atoms with Crippen LogP contribution < -0.4 is 5.32 Å². The summed E-state index contributed by atoms with van der Waals surface area (Å²) in [6.07, 6.45) is 6.04. The van der Waals surface area contributed by atoms with Gasteiger partial charge in [0.05, 0.1) is 13.1 Å². The number of likely N-dealkylation sites (N-methyl/N-ethyl adjacent to an activating group) is 1. The van der Waals surface area contributed by atoms with E-state index in [1.54, 1.807) is 9.80 Å². The molecule has 150 valence electrons. The molecule has 9 heteroatoms. The molecule has 3 aliphatic rings. The van der Waals surface area contributed by atoms with E-state index in [9.17, 15) is 9.59 Å². The molecule has 1 aromatic rings. The third kappa shape index (κ3) is 4.43. The maximum Gasteiger partial charge on any atom is 0.242 e. The van der Waals surface area contributed by atoms with Crippen LogP contribution in [0.25, 0.3) is 0 Å². The minimum atomic E-state index is -0.0615. The van der Waals surface area contributed by atoms with E-state index in [0.29, 0.717) is 49.7 Å². The predicted molar refractivity (Wildman–Crippen MR) is 100 cm³/mol. The summed E-state index contributed by atoms with van der Waals surface area (Å²) in [5, 5.41) is 7.50. The van der Waals surface area contributed by atoms with E-state index in [-0.39, 0.29) is 36.8 Å². The lowest BCUT2D eigenvalue weighted by atomic mass is 9.85. The highest BCUT2D eigenvalue weighted by Gasteiger charge is 2.34. The first-order valence-electron chi connectivity index (χ1n) is 9.76.